The van der Waals surface area contributed by atoms with Crippen molar-refractivity contribution in [1.29, 1.82) is 0 Å². The van der Waals surface area contributed by atoms with Gasteiger partial charge in [0.2, 0.25) is 0 Å². The number of carboxylic acid groups (broad SMARTS) is 1. The Balaban J connectivity index is 2.04. The minimum Gasteiger partial charge on any atom is -0.506 e. The molecular formula is C19H13Br2NO3. The fraction of sp³-hybridized carbons (Fsp3) is 0.0526. The first kappa shape index (κ1) is 17.6. The number of rotatable bonds is 4. The third kappa shape index (κ3) is 3.91. The van der Waals surface area contributed by atoms with E-state index in [1.807, 2.05) is 36.4 Å². The number of benzene rings is 3. The molecule has 0 unspecified atom stereocenters. The van der Waals surface area contributed by atoms with Gasteiger partial charge in [-0.2, -0.15) is 0 Å². The maximum Gasteiger partial charge on any atom is 0.350 e. The number of aliphatic carboxylic acids is 1. The Kier molecular flexibility index (Phi) is 5.20. The van der Waals surface area contributed by atoms with Crippen molar-refractivity contribution in [3.8, 4) is 5.75 Å². The van der Waals surface area contributed by atoms with Crippen molar-refractivity contribution >= 4 is 60.0 Å². The molecule has 3 aromatic rings. The molecular weight excluding hydrogens is 450 g/mol. The summed E-state index contributed by atoms with van der Waals surface area (Å²) in [5.41, 5.74) is 1.37. The van der Waals surface area contributed by atoms with Gasteiger partial charge in [0.15, 0.2) is 0 Å². The summed E-state index contributed by atoms with van der Waals surface area (Å²) in [5, 5.41) is 21.2. The summed E-state index contributed by atoms with van der Waals surface area (Å²) in [6.45, 7) is 0. The molecule has 0 aliphatic heterocycles. The molecule has 0 aromatic heterocycles. The highest BCUT2D eigenvalue weighted by Crippen LogP contribution is 2.34. The maximum atomic E-state index is 11.7. The Morgan fingerprint density at radius 1 is 1.00 bits per heavy atom. The standard InChI is InChI=1S/C19H13Br2NO3/c20-14-8-11(9-15(21)18(14)23)10-17(19(24)25)22-16-7-3-5-12-4-1-2-6-13(12)16/h1-9,23H,10H2,(H,24,25). The number of phenolic OH excluding ortho intramolecular Hbond substituents is 1. The van der Waals surface area contributed by atoms with Crippen LogP contribution in [0.2, 0.25) is 0 Å². The number of carbonyl (C=O) groups is 1. The average Bonchev–Trinajstić information content (AvgIpc) is 2.59. The average molecular weight is 463 g/mol. The van der Waals surface area contributed by atoms with Gasteiger partial charge in [-0.15, -0.1) is 0 Å². The van der Waals surface area contributed by atoms with Crippen LogP contribution < -0.4 is 0 Å². The van der Waals surface area contributed by atoms with Crippen LogP contribution in [0, 0.1) is 0 Å². The van der Waals surface area contributed by atoms with Gasteiger partial charge >= 0.3 is 5.97 Å². The third-order valence-corrected chi connectivity index (χ3v) is 4.93. The molecule has 0 amide bonds. The van der Waals surface area contributed by atoms with Gasteiger partial charge in [0.1, 0.15) is 11.5 Å². The molecule has 0 spiro atoms. The number of fused-ring (bicyclic) bond motifs is 1. The van der Waals surface area contributed by atoms with E-state index in [1.165, 1.54) is 0 Å². The van der Waals surface area contributed by atoms with Gasteiger partial charge in [0.25, 0.3) is 0 Å². The number of aromatic hydroxyl groups is 1. The number of carboxylic acids is 1. The van der Waals surface area contributed by atoms with Crippen LogP contribution in [0.25, 0.3) is 10.8 Å². The highest BCUT2D eigenvalue weighted by molar-refractivity contribution is 9.11. The number of phenols is 1. The van der Waals surface area contributed by atoms with Crippen LogP contribution in [0.5, 0.6) is 5.75 Å². The summed E-state index contributed by atoms with van der Waals surface area (Å²) in [6, 6.07) is 16.7. The summed E-state index contributed by atoms with van der Waals surface area (Å²) < 4.78 is 0.985. The van der Waals surface area contributed by atoms with Gasteiger partial charge < -0.3 is 10.2 Å². The zero-order valence-electron chi connectivity index (χ0n) is 12.9. The summed E-state index contributed by atoms with van der Waals surface area (Å²) >= 11 is 6.51. The number of hydrogen-bond donors (Lipinski definition) is 2. The molecule has 0 fully saturated rings. The third-order valence-electron chi connectivity index (χ3n) is 3.72. The summed E-state index contributed by atoms with van der Waals surface area (Å²) in [7, 11) is 0. The van der Waals surface area contributed by atoms with Crippen molar-refractivity contribution < 1.29 is 15.0 Å². The lowest BCUT2D eigenvalue weighted by molar-refractivity contribution is -0.129. The summed E-state index contributed by atoms with van der Waals surface area (Å²) in [5.74, 6) is -1.00. The van der Waals surface area contributed by atoms with E-state index in [9.17, 15) is 15.0 Å². The van der Waals surface area contributed by atoms with Crippen LogP contribution in [0.3, 0.4) is 0 Å². The Morgan fingerprint density at radius 2 is 1.64 bits per heavy atom. The van der Waals surface area contributed by atoms with Crippen molar-refractivity contribution in [3.05, 3.63) is 69.1 Å². The predicted molar refractivity (Wildman–Crippen MR) is 106 cm³/mol. The lowest BCUT2D eigenvalue weighted by Crippen LogP contribution is -2.15. The van der Waals surface area contributed by atoms with E-state index in [2.05, 4.69) is 36.9 Å². The second-order valence-corrected chi connectivity index (χ2v) is 7.16. The van der Waals surface area contributed by atoms with E-state index in [1.54, 1.807) is 18.2 Å². The number of hydrogen-bond acceptors (Lipinski definition) is 3. The van der Waals surface area contributed by atoms with Crippen LogP contribution in [0.4, 0.5) is 5.69 Å². The van der Waals surface area contributed by atoms with E-state index >= 15 is 0 Å². The molecule has 2 N–H and O–H groups in total. The predicted octanol–water partition coefficient (Wildman–Crippen LogP) is 5.47. The molecule has 25 heavy (non-hydrogen) atoms. The van der Waals surface area contributed by atoms with Gasteiger partial charge in [-0.3, -0.25) is 0 Å². The minimum absolute atomic E-state index is 0.0286. The van der Waals surface area contributed by atoms with Gasteiger partial charge in [-0.25, -0.2) is 9.79 Å². The molecule has 3 aromatic carbocycles. The van der Waals surface area contributed by atoms with Crippen molar-refractivity contribution in [3.63, 3.8) is 0 Å². The van der Waals surface area contributed by atoms with Gasteiger partial charge in [0.05, 0.1) is 14.6 Å². The van der Waals surface area contributed by atoms with Gasteiger partial charge in [-0.05, 0) is 61.0 Å². The molecule has 0 aliphatic carbocycles. The van der Waals surface area contributed by atoms with E-state index < -0.39 is 5.97 Å². The minimum atomic E-state index is -1.08. The lowest BCUT2D eigenvalue weighted by Gasteiger charge is -2.08. The molecule has 126 valence electrons. The zero-order valence-corrected chi connectivity index (χ0v) is 16.1. The number of halogens is 2. The summed E-state index contributed by atoms with van der Waals surface area (Å²) in [4.78, 5) is 16.1. The Bertz CT molecular complexity index is 971. The van der Waals surface area contributed by atoms with E-state index in [4.69, 9.17) is 0 Å². The van der Waals surface area contributed by atoms with Crippen molar-refractivity contribution in [2.75, 3.05) is 0 Å². The molecule has 0 radical (unpaired) electrons. The first-order valence-corrected chi connectivity index (χ1v) is 9.00. The topological polar surface area (TPSA) is 69.9 Å². The fourth-order valence-electron chi connectivity index (χ4n) is 2.53. The smallest absolute Gasteiger partial charge is 0.350 e. The first-order valence-electron chi connectivity index (χ1n) is 7.41. The monoisotopic (exact) mass is 461 g/mol. The quantitative estimate of drug-likeness (QED) is 0.505. The van der Waals surface area contributed by atoms with Crippen LogP contribution in [-0.4, -0.2) is 21.9 Å². The van der Waals surface area contributed by atoms with Gasteiger partial charge in [-0.1, -0.05) is 36.4 Å². The van der Waals surface area contributed by atoms with Crippen LogP contribution in [-0.2, 0) is 11.2 Å². The van der Waals surface area contributed by atoms with Crippen LogP contribution in [0.1, 0.15) is 5.56 Å². The van der Waals surface area contributed by atoms with Crippen LogP contribution in [0.15, 0.2) is 68.5 Å². The normalized spacial score (nSPS) is 11.7. The SMILES string of the molecule is O=C(O)C(Cc1cc(Br)c(O)c(Br)c1)=Nc1cccc2ccccc12. The zero-order chi connectivity index (χ0) is 18.0. The highest BCUT2D eigenvalue weighted by atomic mass is 79.9. The molecule has 0 aliphatic rings. The highest BCUT2D eigenvalue weighted by Gasteiger charge is 2.14. The lowest BCUT2D eigenvalue weighted by atomic mass is 10.1. The van der Waals surface area contributed by atoms with Gasteiger partial charge in [0, 0.05) is 11.8 Å². The van der Waals surface area contributed by atoms with E-state index in [0.29, 0.717) is 14.6 Å². The van der Waals surface area contributed by atoms with E-state index in [-0.39, 0.29) is 17.9 Å². The number of aliphatic imine (C=N–C) groups is 1. The first-order chi connectivity index (χ1) is 12.0. The second kappa shape index (κ2) is 7.37. The molecule has 0 saturated heterocycles. The molecule has 0 saturated carbocycles. The molecule has 0 atom stereocenters. The number of nitrogens with zero attached hydrogens (tertiary/aromatic N) is 1. The fourth-order valence-corrected chi connectivity index (χ4v) is 3.81. The van der Waals surface area contributed by atoms with Crippen molar-refractivity contribution in [2.45, 2.75) is 6.42 Å². The molecule has 0 heterocycles. The molecule has 6 heteroatoms. The van der Waals surface area contributed by atoms with E-state index in [0.717, 1.165) is 16.3 Å². The molecule has 3 rings (SSSR count). The van der Waals surface area contributed by atoms with Crippen LogP contribution >= 0.6 is 31.9 Å². The molecule has 4 nitrogen and oxygen atoms in total. The van der Waals surface area contributed by atoms with Crippen molar-refractivity contribution in [2.24, 2.45) is 4.99 Å². The molecule has 0 bridgehead atoms. The Labute approximate surface area is 161 Å². The maximum absolute atomic E-state index is 11.7. The Hall–Kier alpha value is -2.18. The second-order valence-electron chi connectivity index (χ2n) is 5.45. The van der Waals surface area contributed by atoms with Crippen molar-refractivity contribution in [1.82, 2.24) is 0 Å². The summed E-state index contributed by atoms with van der Waals surface area (Å²) in [6.07, 6.45) is 0.135. The Morgan fingerprint density at radius 3 is 2.32 bits per heavy atom. The largest absolute Gasteiger partial charge is 0.506 e.